The molecule has 4 heteroatoms. The van der Waals surface area contributed by atoms with Crippen molar-refractivity contribution < 1.29 is 0 Å². The highest BCUT2D eigenvalue weighted by atomic mass is 79.9. The van der Waals surface area contributed by atoms with E-state index in [0.717, 1.165) is 27.3 Å². The van der Waals surface area contributed by atoms with Gasteiger partial charge in [0.1, 0.15) is 5.65 Å². The Bertz CT molecular complexity index is 836. The van der Waals surface area contributed by atoms with Crippen molar-refractivity contribution >= 4 is 33.2 Å². The molecule has 0 saturated heterocycles. The summed E-state index contributed by atoms with van der Waals surface area (Å²) in [6.45, 7) is 2.09. The maximum Gasteiger partial charge on any atom is 0.140 e. The summed E-state index contributed by atoms with van der Waals surface area (Å²) in [5, 5.41) is 0.788. The molecule has 0 saturated carbocycles. The second-order valence-electron chi connectivity index (χ2n) is 4.92. The largest absolute Gasteiger partial charge is 0.302 e. The minimum atomic E-state index is 0.788. The molecule has 4 rings (SSSR count). The van der Waals surface area contributed by atoms with Crippen molar-refractivity contribution in [2.75, 3.05) is 0 Å². The standard InChI is InChI=1S/C15H10BrClN2/c1-8-4-10(16)7-19-13-6-9-5-11(17)2-3-12(9)14(13)18-15(8)19/h2-5,7H,6H2,1H3. The molecule has 2 nitrogen and oxygen atoms in total. The van der Waals surface area contributed by atoms with Gasteiger partial charge in [0, 0.05) is 27.7 Å². The Hall–Kier alpha value is -1.32. The van der Waals surface area contributed by atoms with Crippen molar-refractivity contribution in [3.63, 3.8) is 0 Å². The lowest BCUT2D eigenvalue weighted by atomic mass is 10.1. The summed E-state index contributed by atoms with van der Waals surface area (Å²) >= 11 is 9.62. The third-order valence-corrected chi connectivity index (χ3v) is 4.32. The van der Waals surface area contributed by atoms with Crippen LogP contribution in [0, 0.1) is 6.92 Å². The molecule has 0 aliphatic heterocycles. The van der Waals surface area contributed by atoms with Gasteiger partial charge in [-0.15, -0.1) is 0 Å². The summed E-state index contributed by atoms with van der Waals surface area (Å²) in [7, 11) is 0. The zero-order chi connectivity index (χ0) is 13.1. The van der Waals surface area contributed by atoms with Crippen LogP contribution in [0.3, 0.4) is 0 Å². The fourth-order valence-electron chi connectivity index (χ4n) is 2.82. The van der Waals surface area contributed by atoms with Gasteiger partial charge in [0.15, 0.2) is 0 Å². The van der Waals surface area contributed by atoms with Gasteiger partial charge in [-0.3, -0.25) is 0 Å². The van der Waals surface area contributed by atoms with E-state index < -0.39 is 0 Å². The van der Waals surface area contributed by atoms with Crippen LogP contribution >= 0.6 is 27.5 Å². The topological polar surface area (TPSA) is 17.3 Å². The number of hydrogen-bond donors (Lipinski definition) is 0. The molecule has 1 aromatic carbocycles. The molecular formula is C15H10BrClN2. The SMILES string of the molecule is Cc1cc(Br)cn2c3c(nc12)-c1ccc(Cl)cc1C3. The van der Waals surface area contributed by atoms with Crippen LogP contribution in [-0.4, -0.2) is 9.38 Å². The normalized spacial score (nSPS) is 12.8. The molecule has 0 bridgehead atoms. The number of imidazole rings is 1. The van der Waals surface area contributed by atoms with Crippen molar-refractivity contribution in [2.45, 2.75) is 13.3 Å². The molecule has 94 valence electrons. The maximum absolute atomic E-state index is 6.07. The summed E-state index contributed by atoms with van der Waals surface area (Å²) in [6.07, 6.45) is 2.98. The molecule has 0 spiro atoms. The molecule has 0 amide bonds. The summed E-state index contributed by atoms with van der Waals surface area (Å²) in [4.78, 5) is 4.80. The Morgan fingerprint density at radius 2 is 2.16 bits per heavy atom. The van der Waals surface area contributed by atoms with Gasteiger partial charge in [0.25, 0.3) is 0 Å². The number of aryl methyl sites for hydroxylation is 1. The van der Waals surface area contributed by atoms with Crippen LogP contribution in [0.1, 0.15) is 16.8 Å². The Labute approximate surface area is 124 Å². The first-order valence-corrected chi connectivity index (χ1v) is 7.26. The first kappa shape index (κ1) is 11.5. The van der Waals surface area contributed by atoms with E-state index >= 15 is 0 Å². The second kappa shape index (κ2) is 3.84. The average Bonchev–Trinajstić information content (AvgIpc) is 2.85. The number of rotatable bonds is 0. The van der Waals surface area contributed by atoms with Gasteiger partial charge >= 0.3 is 0 Å². The lowest BCUT2D eigenvalue weighted by Crippen LogP contribution is -1.94. The zero-order valence-electron chi connectivity index (χ0n) is 10.2. The van der Waals surface area contributed by atoms with Gasteiger partial charge in [-0.2, -0.15) is 0 Å². The average molecular weight is 334 g/mol. The maximum atomic E-state index is 6.07. The van der Waals surface area contributed by atoms with Crippen LogP contribution in [0.5, 0.6) is 0 Å². The van der Waals surface area contributed by atoms with Crippen molar-refractivity contribution in [1.82, 2.24) is 9.38 Å². The van der Waals surface area contributed by atoms with Gasteiger partial charge in [-0.1, -0.05) is 17.7 Å². The number of pyridine rings is 1. The molecular weight excluding hydrogens is 324 g/mol. The second-order valence-corrected chi connectivity index (χ2v) is 6.27. The zero-order valence-corrected chi connectivity index (χ0v) is 12.6. The number of fused-ring (bicyclic) bond motifs is 5. The molecule has 1 aliphatic rings. The molecule has 3 aromatic rings. The minimum Gasteiger partial charge on any atom is -0.302 e. The first-order chi connectivity index (χ1) is 9.13. The van der Waals surface area contributed by atoms with Crippen LogP contribution in [-0.2, 0) is 6.42 Å². The molecule has 2 heterocycles. The van der Waals surface area contributed by atoms with Crippen molar-refractivity contribution in [3.8, 4) is 11.3 Å². The smallest absolute Gasteiger partial charge is 0.140 e. The highest BCUT2D eigenvalue weighted by Gasteiger charge is 2.24. The Morgan fingerprint density at radius 3 is 3.00 bits per heavy atom. The minimum absolute atomic E-state index is 0.788. The molecule has 0 atom stereocenters. The van der Waals surface area contributed by atoms with E-state index in [0.29, 0.717) is 0 Å². The van der Waals surface area contributed by atoms with E-state index in [4.69, 9.17) is 16.6 Å². The fraction of sp³-hybridized carbons (Fsp3) is 0.133. The van der Waals surface area contributed by atoms with Gasteiger partial charge in [0.05, 0.1) is 11.4 Å². The molecule has 19 heavy (non-hydrogen) atoms. The summed E-state index contributed by atoms with van der Waals surface area (Å²) < 4.78 is 3.26. The number of aromatic nitrogens is 2. The van der Waals surface area contributed by atoms with Gasteiger partial charge < -0.3 is 4.40 Å². The van der Waals surface area contributed by atoms with Crippen LogP contribution < -0.4 is 0 Å². The van der Waals surface area contributed by atoms with E-state index in [1.165, 1.54) is 22.4 Å². The van der Waals surface area contributed by atoms with E-state index in [1.54, 1.807) is 0 Å². The molecule has 0 N–H and O–H groups in total. The molecule has 1 aliphatic carbocycles. The highest BCUT2D eigenvalue weighted by molar-refractivity contribution is 9.10. The van der Waals surface area contributed by atoms with E-state index in [1.807, 2.05) is 12.1 Å². The van der Waals surface area contributed by atoms with Gasteiger partial charge in [-0.25, -0.2) is 4.98 Å². The van der Waals surface area contributed by atoms with E-state index in [2.05, 4.69) is 45.6 Å². The van der Waals surface area contributed by atoms with Crippen LogP contribution in [0.15, 0.2) is 34.9 Å². The van der Waals surface area contributed by atoms with E-state index in [-0.39, 0.29) is 0 Å². The highest BCUT2D eigenvalue weighted by Crippen LogP contribution is 2.38. The molecule has 0 radical (unpaired) electrons. The first-order valence-electron chi connectivity index (χ1n) is 6.09. The fourth-order valence-corrected chi connectivity index (χ4v) is 3.56. The third-order valence-electron chi connectivity index (χ3n) is 3.65. The predicted molar refractivity (Wildman–Crippen MR) is 80.9 cm³/mol. The monoisotopic (exact) mass is 332 g/mol. The van der Waals surface area contributed by atoms with Crippen LogP contribution in [0.2, 0.25) is 5.02 Å². The predicted octanol–water partition coefficient (Wildman–Crippen LogP) is 4.63. The number of benzene rings is 1. The van der Waals surface area contributed by atoms with Crippen molar-refractivity contribution in [2.24, 2.45) is 0 Å². The van der Waals surface area contributed by atoms with Gasteiger partial charge in [0.2, 0.25) is 0 Å². The number of nitrogens with zero attached hydrogens (tertiary/aromatic N) is 2. The number of hydrogen-bond acceptors (Lipinski definition) is 1. The van der Waals surface area contributed by atoms with Crippen LogP contribution in [0.25, 0.3) is 16.9 Å². The number of halogens is 2. The Kier molecular flexibility index (Phi) is 2.32. The molecule has 0 fully saturated rings. The quantitative estimate of drug-likeness (QED) is 0.458. The van der Waals surface area contributed by atoms with Crippen molar-refractivity contribution in [1.29, 1.82) is 0 Å². The Morgan fingerprint density at radius 1 is 1.32 bits per heavy atom. The summed E-state index contributed by atoms with van der Waals surface area (Å²) in [5.41, 5.74) is 7.02. The summed E-state index contributed by atoms with van der Waals surface area (Å²) in [6, 6.07) is 8.14. The lowest BCUT2D eigenvalue weighted by Gasteiger charge is -2.03. The van der Waals surface area contributed by atoms with E-state index in [9.17, 15) is 0 Å². The van der Waals surface area contributed by atoms with Crippen LogP contribution in [0.4, 0.5) is 0 Å². The third kappa shape index (κ3) is 1.58. The van der Waals surface area contributed by atoms with Gasteiger partial charge in [-0.05, 0) is 52.2 Å². The molecule has 0 unspecified atom stereocenters. The lowest BCUT2D eigenvalue weighted by molar-refractivity contribution is 1.04. The van der Waals surface area contributed by atoms with Crippen molar-refractivity contribution in [3.05, 3.63) is 56.8 Å². The Balaban J connectivity index is 2.07. The summed E-state index contributed by atoms with van der Waals surface area (Å²) in [5.74, 6) is 0. The molecule has 2 aromatic heterocycles.